The van der Waals surface area contributed by atoms with Gasteiger partial charge >= 0.3 is 6.09 Å². The number of piperidine rings is 1. The van der Waals surface area contributed by atoms with E-state index in [4.69, 9.17) is 14.5 Å². The molecule has 2 aliphatic rings. The summed E-state index contributed by atoms with van der Waals surface area (Å²) in [4.78, 5) is 17.1. The Balaban J connectivity index is 1.31. The largest absolute Gasteiger partial charge is 0.474 e. The van der Waals surface area contributed by atoms with Crippen molar-refractivity contribution in [1.29, 1.82) is 0 Å². The predicted octanol–water partition coefficient (Wildman–Crippen LogP) is 4.69. The van der Waals surface area contributed by atoms with Gasteiger partial charge in [-0.1, -0.05) is 44.2 Å². The molecule has 0 bridgehead atoms. The summed E-state index contributed by atoms with van der Waals surface area (Å²) in [5, 5.41) is 6.17. The van der Waals surface area contributed by atoms with E-state index in [1.807, 2.05) is 56.3 Å². The summed E-state index contributed by atoms with van der Waals surface area (Å²) < 4.78 is 25.4. The minimum Gasteiger partial charge on any atom is -0.474 e. The first-order valence-corrected chi connectivity index (χ1v) is 12.0. The van der Waals surface area contributed by atoms with E-state index in [0.717, 1.165) is 29.8 Å². The summed E-state index contributed by atoms with van der Waals surface area (Å²) in [5.41, 5.74) is 2.93. The molecule has 35 heavy (non-hydrogen) atoms. The molecule has 1 saturated heterocycles. The average molecular weight is 476 g/mol. The first kappa shape index (κ1) is 23.3. The van der Waals surface area contributed by atoms with Gasteiger partial charge in [0.05, 0.1) is 5.69 Å². The molecule has 1 saturated carbocycles. The van der Waals surface area contributed by atoms with E-state index in [9.17, 15) is 9.18 Å². The van der Waals surface area contributed by atoms with Gasteiger partial charge in [0.1, 0.15) is 18.5 Å². The van der Waals surface area contributed by atoms with Crippen LogP contribution in [0.1, 0.15) is 25.0 Å². The minimum atomic E-state index is -0.499. The SMILES string of the molecule is CC(C)(COC(=O)NCc1ccccc1)c1cc(OC2C3CNCC32)nc(-c2ccc(F)cc2)c1. The lowest BCUT2D eigenvalue weighted by Gasteiger charge is -2.26. The summed E-state index contributed by atoms with van der Waals surface area (Å²) in [5.74, 6) is 1.30. The second kappa shape index (κ2) is 9.66. The number of hydrogen-bond acceptors (Lipinski definition) is 5. The van der Waals surface area contributed by atoms with Crippen molar-refractivity contribution < 1.29 is 18.7 Å². The molecule has 2 unspecified atom stereocenters. The number of ether oxygens (including phenoxy) is 2. The summed E-state index contributed by atoms with van der Waals surface area (Å²) in [6.45, 7) is 6.55. The topological polar surface area (TPSA) is 72.5 Å². The van der Waals surface area contributed by atoms with Gasteiger partial charge in [-0.05, 0) is 41.5 Å². The zero-order valence-corrected chi connectivity index (χ0v) is 20.0. The van der Waals surface area contributed by atoms with Crippen LogP contribution in [0.4, 0.5) is 9.18 Å². The highest BCUT2D eigenvalue weighted by Gasteiger charge is 2.55. The number of carbonyl (C=O) groups excluding carboxylic acids is 1. The molecule has 1 aliphatic carbocycles. The fourth-order valence-corrected chi connectivity index (χ4v) is 4.55. The molecule has 1 amide bonds. The second-order valence-electron chi connectivity index (χ2n) is 9.95. The van der Waals surface area contributed by atoms with E-state index in [1.165, 1.54) is 12.1 Å². The van der Waals surface area contributed by atoms with Gasteiger partial charge in [0.25, 0.3) is 0 Å². The van der Waals surface area contributed by atoms with Gasteiger partial charge in [-0.25, -0.2) is 14.2 Å². The smallest absolute Gasteiger partial charge is 0.407 e. The van der Waals surface area contributed by atoms with E-state index in [0.29, 0.717) is 30.0 Å². The lowest BCUT2D eigenvalue weighted by atomic mass is 9.85. The number of rotatable bonds is 8. The monoisotopic (exact) mass is 475 g/mol. The number of alkyl carbamates (subject to hydrolysis) is 1. The van der Waals surface area contributed by atoms with Crippen LogP contribution in [0.15, 0.2) is 66.7 Å². The first-order chi connectivity index (χ1) is 16.9. The third-order valence-corrected chi connectivity index (χ3v) is 6.84. The number of halogens is 1. The predicted molar refractivity (Wildman–Crippen MR) is 132 cm³/mol. The van der Waals surface area contributed by atoms with Crippen molar-refractivity contribution in [3.05, 3.63) is 83.7 Å². The molecule has 1 aromatic heterocycles. The van der Waals surface area contributed by atoms with E-state index < -0.39 is 11.5 Å². The van der Waals surface area contributed by atoms with Crippen molar-refractivity contribution in [2.75, 3.05) is 19.7 Å². The molecule has 2 fully saturated rings. The van der Waals surface area contributed by atoms with Crippen LogP contribution >= 0.6 is 0 Å². The van der Waals surface area contributed by atoms with Crippen LogP contribution in [0, 0.1) is 17.7 Å². The van der Waals surface area contributed by atoms with Crippen LogP contribution < -0.4 is 15.4 Å². The van der Waals surface area contributed by atoms with E-state index >= 15 is 0 Å². The standard InChI is InChI=1S/C28H30FN3O3/c1-28(2,17-34-27(33)31-14-18-6-4-3-5-7-18)20-12-24(19-8-10-21(29)11-9-19)32-25(13-20)35-26-22-15-30-16-23(22)26/h3-13,22-23,26,30H,14-17H2,1-2H3,(H,31,33). The maximum atomic E-state index is 13.5. The second-order valence-corrected chi connectivity index (χ2v) is 9.95. The Labute approximate surface area is 204 Å². The van der Waals surface area contributed by atoms with Gasteiger partial charge in [0.2, 0.25) is 5.88 Å². The van der Waals surface area contributed by atoms with Crippen LogP contribution in [-0.4, -0.2) is 36.9 Å². The Morgan fingerprint density at radius 2 is 1.80 bits per heavy atom. The van der Waals surface area contributed by atoms with Gasteiger partial charge in [-0.3, -0.25) is 0 Å². The summed E-state index contributed by atoms with van der Waals surface area (Å²) >= 11 is 0. The summed E-state index contributed by atoms with van der Waals surface area (Å²) in [6.07, 6.45) is -0.298. The van der Waals surface area contributed by atoms with Crippen LogP contribution in [0.3, 0.4) is 0 Å². The number of pyridine rings is 1. The Bertz CT molecular complexity index is 1170. The molecule has 2 heterocycles. The highest BCUT2D eigenvalue weighted by atomic mass is 19.1. The van der Waals surface area contributed by atoms with Crippen molar-refractivity contribution in [2.45, 2.75) is 31.9 Å². The highest BCUT2D eigenvalue weighted by molar-refractivity contribution is 5.67. The molecule has 0 spiro atoms. The Morgan fingerprint density at radius 3 is 2.51 bits per heavy atom. The molecule has 2 N–H and O–H groups in total. The van der Waals surface area contributed by atoms with E-state index in [2.05, 4.69) is 10.6 Å². The Hall–Kier alpha value is -3.45. The lowest BCUT2D eigenvalue weighted by Crippen LogP contribution is -2.31. The molecule has 182 valence electrons. The highest BCUT2D eigenvalue weighted by Crippen LogP contribution is 2.45. The molecule has 1 aliphatic heterocycles. The number of amides is 1. The van der Waals surface area contributed by atoms with Crippen LogP contribution in [0.5, 0.6) is 5.88 Å². The maximum absolute atomic E-state index is 13.5. The summed E-state index contributed by atoms with van der Waals surface area (Å²) in [7, 11) is 0. The normalized spacial score (nSPS) is 20.7. The summed E-state index contributed by atoms with van der Waals surface area (Å²) in [6, 6.07) is 19.8. The Kier molecular flexibility index (Phi) is 6.43. The fourth-order valence-electron chi connectivity index (χ4n) is 4.55. The van der Waals surface area contributed by atoms with Gasteiger partial charge in [0.15, 0.2) is 0 Å². The number of fused-ring (bicyclic) bond motifs is 1. The van der Waals surface area contributed by atoms with Crippen molar-refractivity contribution >= 4 is 6.09 Å². The molecule has 2 aromatic carbocycles. The lowest BCUT2D eigenvalue weighted by molar-refractivity contribution is 0.123. The molecule has 0 radical (unpaired) electrons. The average Bonchev–Trinajstić information content (AvgIpc) is 3.26. The first-order valence-electron chi connectivity index (χ1n) is 12.0. The third kappa shape index (κ3) is 5.46. The van der Waals surface area contributed by atoms with Gasteiger partial charge in [-0.15, -0.1) is 0 Å². The number of benzene rings is 2. The van der Waals surface area contributed by atoms with Crippen molar-refractivity contribution in [3.63, 3.8) is 0 Å². The molecule has 6 nitrogen and oxygen atoms in total. The molecule has 5 rings (SSSR count). The number of aromatic nitrogens is 1. The van der Waals surface area contributed by atoms with E-state index in [-0.39, 0.29) is 18.5 Å². The van der Waals surface area contributed by atoms with Crippen LogP contribution in [-0.2, 0) is 16.7 Å². The van der Waals surface area contributed by atoms with Crippen molar-refractivity contribution in [3.8, 4) is 17.1 Å². The maximum Gasteiger partial charge on any atom is 0.407 e. The molecule has 3 aromatic rings. The molecule has 2 atom stereocenters. The van der Waals surface area contributed by atoms with Crippen molar-refractivity contribution in [2.24, 2.45) is 11.8 Å². The van der Waals surface area contributed by atoms with Gasteiger partial charge < -0.3 is 20.1 Å². The fraction of sp³-hybridized carbons (Fsp3) is 0.357. The molecular formula is C28H30FN3O3. The quantitative estimate of drug-likeness (QED) is 0.495. The number of carbonyl (C=O) groups is 1. The number of nitrogens with one attached hydrogen (secondary N) is 2. The van der Waals surface area contributed by atoms with Crippen LogP contribution in [0.25, 0.3) is 11.3 Å². The van der Waals surface area contributed by atoms with E-state index in [1.54, 1.807) is 12.1 Å². The number of nitrogens with zero attached hydrogens (tertiary/aromatic N) is 1. The van der Waals surface area contributed by atoms with Crippen LogP contribution in [0.2, 0.25) is 0 Å². The number of hydrogen-bond donors (Lipinski definition) is 2. The zero-order chi connectivity index (χ0) is 24.4. The zero-order valence-electron chi connectivity index (χ0n) is 20.0. The third-order valence-electron chi connectivity index (χ3n) is 6.84. The minimum absolute atomic E-state index is 0.170. The van der Waals surface area contributed by atoms with Gasteiger partial charge in [0, 0.05) is 48.5 Å². The molecular weight excluding hydrogens is 445 g/mol. The van der Waals surface area contributed by atoms with Gasteiger partial charge in [-0.2, -0.15) is 0 Å². The molecule has 7 heteroatoms. The Morgan fingerprint density at radius 1 is 1.09 bits per heavy atom. The van der Waals surface area contributed by atoms with Crippen molar-refractivity contribution in [1.82, 2.24) is 15.6 Å².